The maximum absolute atomic E-state index is 13.1. The lowest BCUT2D eigenvalue weighted by molar-refractivity contribution is -0.161. The molecule has 0 unspecified atom stereocenters. The van der Waals surface area contributed by atoms with E-state index in [1.807, 2.05) is 72.3 Å². The van der Waals surface area contributed by atoms with E-state index in [1.165, 1.54) is 0 Å². The number of aromatic nitrogens is 1. The van der Waals surface area contributed by atoms with Crippen molar-refractivity contribution in [3.8, 4) is 0 Å². The Hall–Kier alpha value is -3.12. The normalized spacial score (nSPS) is 22.0. The molecule has 0 radical (unpaired) electrons. The molecule has 0 bridgehead atoms. The zero-order valence-electron chi connectivity index (χ0n) is 16.3. The number of likely N-dealkylation sites (tertiary alicyclic amines) is 1. The number of carbonyl (C=O) groups excluding carboxylic acids is 1. The predicted molar refractivity (Wildman–Crippen MR) is 110 cm³/mol. The molecule has 29 heavy (non-hydrogen) atoms. The lowest BCUT2D eigenvalue weighted by Crippen LogP contribution is -2.57. The number of hydrogen-bond acceptors (Lipinski definition) is 3. The van der Waals surface area contributed by atoms with E-state index in [4.69, 9.17) is 0 Å². The van der Waals surface area contributed by atoms with Crippen molar-refractivity contribution < 1.29 is 19.8 Å². The molecule has 2 N–H and O–H groups in total. The van der Waals surface area contributed by atoms with E-state index in [1.54, 1.807) is 4.90 Å². The Kier molecular flexibility index (Phi) is 4.88. The van der Waals surface area contributed by atoms with Crippen LogP contribution in [0.4, 0.5) is 0 Å². The first-order valence-corrected chi connectivity index (χ1v) is 9.71. The molecule has 6 heteroatoms. The number of aryl methyl sites for hydroxylation is 1. The summed E-state index contributed by atoms with van der Waals surface area (Å²) in [5.41, 5.74) is 1.06. The second-order valence-electron chi connectivity index (χ2n) is 7.79. The monoisotopic (exact) mass is 392 g/mol. The number of hydrogen-bond donors (Lipinski definition) is 2. The minimum absolute atomic E-state index is 0.000504. The molecule has 1 aliphatic rings. The number of carboxylic acid groups (broad SMARTS) is 1. The van der Waals surface area contributed by atoms with E-state index in [2.05, 4.69) is 0 Å². The summed E-state index contributed by atoms with van der Waals surface area (Å²) in [5.74, 6) is -1.22. The lowest BCUT2D eigenvalue weighted by atomic mass is 9.71. The van der Waals surface area contributed by atoms with Crippen LogP contribution in [0.2, 0.25) is 0 Å². The third-order valence-corrected chi connectivity index (χ3v) is 6.11. The zero-order chi connectivity index (χ0) is 20.6. The molecule has 3 aromatic rings. The van der Waals surface area contributed by atoms with Crippen LogP contribution in [0, 0.1) is 5.41 Å². The van der Waals surface area contributed by atoms with Crippen molar-refractivity contribution in [3.63, 3.8) is 0 Å². The highest BCUT2D eigenvalue weighted by Crippen LogP contribution is 2.36. The summed E-state index contributed by atoms with van der Waals surface area (Å²) in [6.45, 7) is 0.288. The molecule has 0 spiro atoms. The molecule has 4 rings (SSSR count). The minimum atomic E-state index is -1.29. The second kappa shape index (κ2) is 7.37. The molecule has 1 saturated heterocycles. The maximum atomic E-state index is 13.1. The van der Waals surface area contributed by atoms with Crippen molar-refractivity contribution in [1.82, 2.24) is 9.47 Å². The van der Waals surface area contributed by atoms with Crippen LogP contribution in [0.15, 0.2) is 60.7 Å². The fourth-order valence-electron chi connectivity index (χ4n) is 4.31. The number of carboxylic acids is 1. The number of para-hydroxylation sites is 1. The van der Waals surface area contributed by atoms with Crippen LogP contribution in [-0.4, -0.2) is 50.8 Å². The van der Waals surface area contributed by atoms with Crippen molar-refractivity contribution in [2.24, 2.45) is 12.5 Å². The van der Waals surface area contributed by atoms with Crippen LogP contribution >= 0.6 is 0 Å². The van der Waals surface area contributed by atoms with Crippen LogP contribution in [0.5, 0.6) is 0 Å². The standard InChI is InChI=1S/C23H24N2O4/c1-24-18-10-6-5-9-17(18)13-19(24)21(27)25-12-11-23(22(28)29,20(26)15-25)14-16-7-3-2-4-8-16/h2-10,13,20,26H,11-12,14-15H2,1H3,(H,28,29)/t20-,23-/m1/s1. The fourth-order valence-corrected chi connectivity index (χ4v) is 4.31. The largest absolute Gasteiger partial charge is 0.481 e. The SMILES string of the molecule is Cn1c(C(=O)N2CC[C@](Cc3ccccc3)(C(=O)O)[C@H](O)C2)cc2ccccc21. The van der Waals surface area contributed by atoms with Gasteiger partial charge in [0.05, 0.1) is 6.10 Å². The number of carbonyl (C=O) groups is 2. The number of β-amino-alcohol motifs (C(OH)–C–C–N with tert-alkyl or cyclic N) is 1. The van der Waals surface area contributed by atoms with Gasteiger partial charge in [-0.2, -0.15) is 0 Å². The summed E-state index contributed by atoms with van der Waals surface area (Å²) in [7, 11) is 1.84. The van der Waals surface area contributed by atoms with Crippen LogP contribution in [-0.2, 0) is 18.3 Å². The van der Waals surface area contributed by atoms with E-state index in [0.717, 1.165) is 16.5 Å². The molecule has 1 fully saturated rings. The summed E-state index contributed by atoms with van der Waals surface area (Å²) < 4.78 is 1.84. The average Bonchev–Trinajstić information content (AvgIpc) is 3.06. The fraction of sp³-hybridized carbons (Fsp3) is 0.304. The molecule has 0 aliphatic carbocycles. The Bertz CT molecular complexity index is 1060. The highest BCUT2D eigenvalue weighted by molar-refractivity contribution is 5.99. The summed E-state index contributed by atoms with van der Waals surface area (Å²) in [6.07, 6.45) is -0.707. The van der Waals surface area contributed by atoms with Gasteiger partial charge in [-0.3, -0.25) is 9.59 Å². The Balaban J connectivity index is 1.58. The summed E-state index contributed by atoms with van der Waals surface area (Å²) >= 11 is 0. The molecule has 2 heterocycles. The van der Waals surface area contributed by atoms with Gasteiger partial charge in [-0.25, -0.2) is 0 Å². The van der Waals surface area contributed by atoms with Gasteiger partial charge in [0.15, 0.2) is 0 Å². The third kappa shape index (κ3) is 3.29. The molecule has 1 aromatic heterocycles. The number of rotatable bonds is 4. The van der Waals surface area contributed by atoms with Crippen LogP contribution in [0.25, 0.3) is 10.9 Å². The van der Waals surface area contributed by atoms with Crippen molar-refractivity contribution in [3.05, 3.63) is 71.9 Å². The van der Waals surface area contributed by atoms with Gasteiger partial charge in [-0.1, -0.05) is 48.5 Å². The highest BCUT2D eigenvalue weighted by atomic mass is 16.4. The van der Waals surface area contributed by atoms with E-state index in [-0.39, 0.29) is 31.8 Å². The van der Waals surface area contributed by atoms with Crippen molar-refractivity contribution in [2.75, 3.05) is 13.1 Å². The van der Waals surface area contributed by atoms with Crippen LogP contribution < -0.4 is 0 Å². The van der Waals surface area contributed by atoms with Gasteiger partial charge >= 0.3 is 5.97 Å². The van der Waals surface area contributed by atoms with E-state index in [0.29, 0.717) is 5.69 Å². The number of aliphatic hydroxyl groups is 1. The first-order valence-electron chi connectivity index (χ1n) is 9.71. The highest BCUT2D eigenvalue weighted by Gasteiger charge is 2.49. The first-order chi connectivity index (χ1) is 13.9. The van der Waals surface area contributed by atoms with E-state index in [9.17, 15) is 19.8 Å². The Morgan fingerprint density at radius 2 is 1.79 bits per heavy atom. The van der Waals surface area contributed by atoms with Crippen LogP contribution in [0.1, 0.15) is 22.5 Å². The van der Waals surface area contributed by atoms with Gasteiger partial charge in [0.1, 0.15) is 11.1 Å². The molecular weight excluding hydrogens is 368 g/mol. The van der Waals surface area contributed by atoms with Crippen molar-refractivity contribution in [2.45, 2.75) is 18.9 Å². The predicted octanol–water partition coefficient (Wildman–Crippen LogP) is 2.70. The number of piperidine rings is 1. The van der Waals surface area contributed by atoms with E-state index >= 15 is 0 Å². The van der Waals surface area contributed by atoms with Gasteiger partial charge in [0.2, 0.25) is 0 Å². The molecule has 2 aromatic carbocycles. The number of nitrogens with zero attached hydrogens (tertiary/aromatic N) is 2. The van der Waals surface area contributed by atoms with E-state index < -0.39 is 17.5 Å². The topological polar surface area (TPSA) is 82.8 Å². The minimum Gasteiger partial charge on any atom is -0.481 e. The molecule has 1 aliphatic heterocycles. The number of amides is 1. The lowest BCUT2D eigenvalue weighted by Gasteiger charge is -2.42. The molecule has 150 valence electrons. The van der Waals surface area contributed by atoms with Gasteiger partial charge in [-0.15, -0.1) is 0 Å². The summed E-state index contributed by atoms with van der Waals surface area (Å²) in [5, 5.41) is 21.8. The summed E-state index contributed by atoms with van der Waals surface area (Å²) in [4.78, 5) is 26.8. The molecule has 1 amide bonds. The van der Waals surface area contributed by atoms with Gasteiger partial charge in [-0.05, 0) is 30.5 Å². The summed E-state index contributed by atoms with van der Waals surface area (Å²) in [6, 6.07) is 18.9. The number of fused-ring (bicyclic) bond motifs is 1. The second-order valence-corrected chi connectivity index (χ2v) is 7.79. The smallest absolute Gasteiger partial charge is 0.312 e. The zero-order valence-corrected chi connectivity index (χ0v) is 16.3. The Morgan fingerprint density at radius 1 is 1.10 bits per heavy atom. The molecular formula is C23H24N2O4. The Labute approximate surface area is 169 Å². The molecule has 6 nitrogen and oxygen atoms in total. The van der Waals surface area contributed by atoms with Gasteiger partial charge < -0.3 is 19.7 Å². The number of aliphatic hydroxyl groups excluding tert-OH is 1. The third-order valence-electron chi connectivity index (χ3n) is 6.11. The molecule has 0 saturated carbocycles. The number of aliphatic carboxylic acids is 1. The quantitative estimate of drug-likeness (QED) is 0.715. The van der Waals surface area contributed by atoms with Crippen molar-refractivity contribution >= 4 is 22.8 Å². The number of benzene rings is 2. The van der Waals surface area contributed by atoms with Crippen LogP contribution in [0.3, 0.4) is 0 Å². The maximum Gasteiger partial charge on any atom is 0.312 e. The molecule has 2 atom stereocenters. The van der Waals surface area contributed by atoms with Gasteiger partial charge in [0, 0.05) is 31.0 Å². The van der Waals surface area contributed by atoms with Gasteiger partial charge in [0.25, 0.3) is 5.91 Å². The van der Waals surface area contributed by atoms with Crippen molar-refractivity contribution in [1.29, 1.82) is 0 Å². The first kappa shape index (κ1) is 19.2. The average molecular weight is 392 g/mol. The Morgan fingerprint density at radius 3 is 2.45 bits per heavy atom.